The van der Waals surface area contributed by atoms with Crippen molar-refractivity contribution >= 4 is 5.65 Å². The van der Waals surface area contributed by atoms with E-state index >= 15 is 0 Å². The summed E-state index contributed by atoms with van der Waals surface area (Å²) in [5.41, 5.74) is 1.84. The number of nitrogens with zero attached hydrogens (tertiary/aromatic N) is 4. The van der Waals surface area contributed by atoms with Crippen molar-refractivity contribution in [1.82, 2.24) is 24.9 Å². The zero-order valence-corrected chi connectivity index (χ0v) is 9.35. The number of nitrogens with one attached hydrogen (secondary N) is 1. The molecule has 1 N–H and O–H groups in total. The van der Waals surface area contributed by atoms with Crippen molar-refractivity contribution in [2.75, 3.05) is 6.54 Å². The summed E-state index contributed by atoms with van der Waals surface area (Å²) < 4.78 is 1.94. The average Bonchev–Trinajstić information content (AvgIpc) is 3.00. The van der Waals surface area contributed by atoms with Gasteiger partial charge < -0.3 is 5.32 Å². The van der Waals surface area contributed by atoms with E-state index in [1.807, 2.05) is 17.4 Å². The molecule has 1 fully saturated rings. The monoisotopic (exact) mass is 217 g/mol. The Hall–Kier alpha value is -1.49. The summed E-state index contributed by atoms with van der Waals surface area (Å²) in [6.07, 6.45) is 4.53. The van der Waals surface area contributed by atoms with Crippen LogP contribution in [0.5, 0.6) is 0 Å². The quantitative estimate of drug-likeness (QED) is 0.827. The molecule has 0 amide bonds. The van der Waals surface area contributed by atoms with Crippen LogP contribution in [0.25, 0.3) is 5.65 Å². The van der Waals surface area contributed by atoms with Gasteiger partial charge in [-0.05, 0) is 32.2 Å². The highest BCUT2D eigenvalue weighted by Crippen LogP contribution is 2.27. The molecule has 0 aliphatic heterocycles. The second-order valence-electron chi connectivity index (χ2n) is 4.45. The van der Waals surface area contributed by atoms with Crippen LogP contribution in [0.1, 0.15) is 24.4 Å². The molecule has 3 rings (SSSR count). The van der Waals surface area contributed by atoms with Gasteiger partial charge in [-0.3, -0.25) is 4.40 Å². The van der Waals surface area contributed by atoms with E-state index in [2.05, 4.69) is 20.5 Å². The maximum atomic E-state index is 4.25. The first kappa shape index (κ1) is 9.72. The highest BCUT2D eigenvalue weighted by atomic mass is 15.3. The minimum Gasteiger partial charge on any atom is -0.310 e. The summed E-state index contributed by atoms with van der Waals surface area (Å²) >= 11 is 0. The van der Waals surface area contributed by atoms with Gasteiger partial charge in [0, 0.05) is 11.8 Å². The highest BCUT2D eigenvalue weighted by molar-refractivity contribution is 5.37. The predicted molar refractivity (Wildman–Crippen MR) is 59.9 cm³/mol. The zero-order chi connectivity index (χ0) is 11.0. The molecule has 0 unspecified atom stereocenters. The van der Waals surface area contributed by atoms with Gasteiger partial charge in [0.05, 0.1) is 6.54 Å². The Kier molecular flexibility index (Phi) is 2.32. The van der Waals surface area contributed by atoms with E-state index in [9.17, 15) is 0 Å². The van der Waals surface area contributed by atoms with Crippen LogP contribution in [-0.4, -0.2) is 26.1 Å². The summed E-state index contributed by atoms with van der Waals surface area (Å²) in [5, 5.41) is 11.7. The van der Waals surface area contributed by atoms with Crippen molar-refractivity contribution in [2.24, 2.45) is 5.92 Å². The topological polar surface area (TPSA) is 55.1 Å². The number of hydrogen-bond acceptors (Lipinski definition) is 4. The number of aryl methyl sites for hydroxylation is 1. The van der Waals surface area contributed by atoms with E-state index < -0.39 is 0 Å². The van der Waals surface area contributed by atoms with Gasteiger partial charge in [0.1, 0.15) is 6.33 Å². The third-order valence-corrected chi connectivity index (χ3v) is 2.92. The fourth-order valence-electron chi connectivity index (χ4n) is 1.77. The van der Waals surface area contributed by atoms with Crippen molar-refractivity contribution in [3.8, 4) is 0 Å². The maximum absolute atomic E-state index is 4.25. The lowest BCUT2D eigenvalue weighted by Crippen LogP contribution is -2.18. The second kappa shape index (κ2) is 3.83. The minimum absolute atomic E-state index is 0.766. The lowest BCUT2D eigenvalue weighted by molar-refractivity contribution is 0.614. The molecule has 0 aromatic carbocycles. The van der Waals surface area contributed by atoms with Crippen LogP contribution in [0.4, 0.5) is 0 Å². The number of hydrogen-bond donors (Lipinski definition) is 1. The normalized spacial score (nSPS) is 15.8. The molecule has 84 valence electrons. The molecule has 2 aromatic rings. The summed E-state index contributed by atoms with van der Waals surface area (Å²) in [4.78, 5) is 4.25. The third kappa shape index (κ3) is 1.90. The van der Waals surface area contributed by atoms with E-state index in [0.717, 1.165) is 36.2 Å². The van der Waals surface area contributed by atoms with E-state index in [0.29, 0.717) is 0 Å². The molecule has 1 aliphatic rings. The van der Waals surface area contributed by atoms with Crippen molar-refractivity contribution in [3.63, 3.8) is 0 Å². The Morgan fingerprint density at radius 1 is 1.44 bits per heavy atom. The lowest BCUT2D eigenvalue weighted by Gasteiger charge is -2.01. The van der Waals surface area contributed by atoms with Gasteiger partial charge in [-0.15, -0.1) is 10.2 Å². The first-order chi connectivity index (χ1) is 7.83. The Labute approximate surface area is 93.9 Å². The second-order valence-corrected chi connectivity index (χ2v) is 4.45. The molecule has 5 heteroatoms. The van der Waals surface area contributed by atoms with Crippen LogP contribution in [0.2, 0.25) is 0 Å². The van der Waals surface area contributed by atoms with Crippen LogP contribution in [0, 0.1) is 12.8 Å². The van der Waals surface area contributed by atoms with Crippen LogP contribution in [0.15, 0.2) is 12.4 Å². The summed E-state index contributed by atoms with van der Waals surface area (Å²) in [6, 6.07) is 1.94. The Morgan fingerprint density at radius 3 is 3.12 bits per heavy atom. The molecule has 0 saturated heterocycles. The van der Waals surface area contributed by atoms with Crippen LogP contribution in [0.3, 0.4) is 0 Å². The molecule has 5 nitrogen and oxygen atoms in total. The fraction of sp³-hybridized carbons (Fsp3) is 0.545. The van der Waals surface area contributed by atoms with E-state index in [4.69, 9.17) is 0 Å². The Balaban J connectivity index is 1.75. The van der Waals surface area contributed by atoms with Crippen LogP contribution >= 0.6 is 0 Å². The molecular weight excluding hydrogens is 202 g/mol. The van der Waals surface area contributed by atoms with Gasteiger partial charge in [-0.25, -0.2) is 4.98 Å². The van der Waals surface area contributed by atoms with E-state index in [-0.39, 0.29) is 0 Å². The van der Waals surface area contributed by atoms with Crippen molar-refractivity contribution < 1.29 is 0 Å². The molecule has 0 radical (unpaired) electrons. The van der Waals surface area contributed by atoms with Gasteiger partial charge >= 0.3 is 0 Å². The van der Waals surface area contributed by atoms with E-state index in [1.165, 1.54) is 12.8 Å². The van der Waals surface area contributed by atoms with Crippen molar-refractivity contribution in [1.29, 1.82) is 0 Å². The molecule has 1 saturated carbocycles. The van der Waals surface area contributed by atoms with Gasteiger partial charge in [0.15, 0.2) is 11.5 Å². The largest absolute Gasteiger partial charge is 0.310 e. The molecule has 0 bridgehead atoms. The lowest BCUT2D eigenvalue weighted by atomic mass is 10.4. The maximum Gasteiger partial charge on any atom is 0.163 e. The Morgan fingerprint density at radius 2 is 2.31 bits per heavy atom. The zero-order valence-electron chi connectivity index (χ0n) is 9.35. The average molecular weight is 217 g/mol. The standard InChI is InChI=1S/C11H15N5/c1-8-4-10-14-15-11(16(10)7-13-8)6-12-5-9-2-3-9/h4,7,9,12H,2-3,5-6H2,1H3. The smallest absolute Gasteiger partial charge is 0.163 e. The van der Waals surface area contributed by atoms with Gasteiger partial charge in [0.25, 0.3) is 0 Å². The number of fused-ring (bicyclic) bond motifs is 1. The third-order valence-electron chi connectivity index (χ3n) is 2.92. The molecular formula is C11H15N5. The molecule has 1 aliphatic carbocycles. The number of rotatable bonds is 4. The predicted octanol–water partition coefficient (Wildman–Crippen LogP) is 0.932. The molecule has 0 atom stereocenters. The van der Waals surface area contributed by atoms with Crippen LogP contribution in [-0.2, 0) is 6.54 Å². The van der Waals surface area contributed by atoms with Gasteiger partial charge in [-0.1, -0.05) is 0 Å². The van der Waals surface area contributed by atoms with Gasteiger partial charge in [-0.2, -0.15) is 0 Å². The summed E-state index contributed by atoms with van der Waals surface area (Å²) in [5.74, 6) is 1.82. The molecule has 0 spiro atoms. The molecule has 16 heavy (non-hydrogen) atoms. The summed E-state index contributed by atoms with van der Waals surface area (Å²) in [7, 11) is 0. The first-order valence-corrected chi connectivity index (χ1v) is 5.70. The van der Waals surface area contributed by atoms with Gasteiger partial charge in [0.2, 0.25) is 0 Å². The molecule has 2 aromatic heterocycles. The SMILES string of the molecule is Cc1cc2nnc(CNCC3CC3)n2cn1. The molecule has 2 heterocycles. The van der Waals surface area contributed by atoms with Crippen molar-refractivity contribution in [3.05, 3.63) is 23.9 Å². The van der Waals surface area contributed by atoms with Crippen LogP contribution < -0.4 is 5.32 Å². The highest BCUT2D eigenvalue weighted by Gasteiger charge is 2.20. The first-order valence-electron chi connectivity index (χ1n) is 5.70. The number of aromatic nitrogens is 4. The Bertz CT molecular complexity index is 500. The summed E-state index contributed by atoms with van der Waals surface area (Å²) in [6.45, 7) is 3.82. The van der Waals surface area contributed by atoms with Crippen molar-refractivity contribution in [2.45, 2.75) is 26.3 Å². The van der Waals surface area contributed by atoms with E-state index in [1.54, 1.807) is 6.33 Å². The minimum atomic E-state index is 0.766. The fourth-order valence-corrected chi connectivity index (χ4v) is 1.77.